The average molecular weight is 351 g/mol. The number of aromatic nitrogens is 4. The first-order valence-corrected chi connectivity index (χ1v) is 8.86. The summed E-state index contributed by atoms with van der Waals surface area (Å²) >= 11 is 0. The molecule has 7 nitrogen and oxygen atoms in total. The van der Waals surface area contributed by atoms with Crippen LogP contribution in [0.1, 0.15) is 51.9 Å². The van der Waals surface area contributed by atoms with Crippen LogP contribution in [-0.4, -0.2) is 26.1 Å². The van der Waals surface area contributed by atoms with E-state index in [2.05, 4.69) is 25.5 Å². The number of nitrogens with one attached hydrogen (secondary N) is 2. The Balaban J connectivity index is 1.44. The minimum atomic E-state index is -0.269. The molecule has 0 radical (unpaired) electrons. The molecular weight excluding hydrogens is 330 g/mol. The van der Waals surface area contributed by atoms with Crippen LogP contribution in [0.4, 0.5) is 0 Å². The average Bonchev–Trinajstić information content (AvgIpc) is 3.29. The Labute approximate surface area is 151 Å². The van der Waals surface area contributed by atoms with Crippen LogP contribution in [0.2, 0.25) is 0 Å². The van der Waals surface area contributed by atoms with Gasteiger partial charge in [-0.15, -0.1) is 0 Å². The van der Waals surface area contributed by atoms with E-state index < -0.39 is 0 Å². The molecular formula is C19H21N5O2. The smallest absolute Gasteiger partial charge is 0.272 e. The van der Waals surface area contributed by atoms with Crippen LogP contribution in [0, 0.1) is 13.8 Å². The quantitative estimate of drug-likeness (QED) is 0.753. The fourth-order valence-corrected chi connectivity index (χ4v) is 3.32. The molecule has 1 aliphatic carbocycles. The molecule has 2 N–H and O–H groups in total. The Kier molecular flexibility index (Phi) is 4.28. The lowest BCUT2D eigenvalue weighted by Crippen LogP contribution is -2.25. The molecule has 3 aromatic rings. The molecule has 0 spiro atoms. The highest BCUT2D eigenvalue weighted by Gasteiger charge is 2.17. The molecule has 4 rings (SSSR count). The number of amides is 1. The number of furan rings is 1. The van der Waals surface area contributed by atoms with Gasteiger partial charge in [0.05, 0.1) is 6.54 Å². The van der Waals surface area contributed by atoms with Crippen LogP contribution in [0.25, 0.3) is 11.5 Å². The molecule has 0 bridgehead atoms. The van der Waals surface area contributed by atoms with Crippen molar-refractivity contribution in [1.82, 2.24) is 25.5 Å². The highest BCUT2D eigenvalue weighted by molar-refractivity contribution is 5.93. The molecule has 134 valence electrons. The summed E-state index contributed by atoms with van der Waals surface area (Å²) in [6, 6.07) is 5.38. The van der Waals surface area contributed by atoms with Gasteiger partial charge in [0, 0.05) is 17.5 Å². The van der Waals surface area contributed by atoms with Crippen molar-refractivity contribution < 1.29 is 9.21 Å². The third kappa shape index (κ3) is 3.24. The van der Waals surface area contributed by atoms with Gasteiger partial charge in [-0.25, -0.2) is 9.97 Å². The van der Waals surface area contributed by atoms with Gasteiger partial charge in [-0.1, -0.05) is 0 Å². The van der Waals surface area contributed by atoms with Crippen molar-refractivity contribution in [2.24, 2.45) is 0 Å². The Morgan fingerprint density at radius 2 is 2.08 bits per heavy atom. The highest BCUT2D eigenvalue weighted by atomic mass is 16.3. The Morgan fingerprint density at radius 3 is 2.88 bits per heavy atom. The first-order chi connectivity index (χ1) is 12.6. The first-order valence-electron chi connectivity index (χ1n) is 8.86. The molecule has 26 heavy (non-hydrogen) atoms. The number of carbonyl (C=O) groups is 1. The second-order valence-electron chi connectivity index (χ2n) is 6.62. The molecule has 1 aliphatic rings. The minimum absolute atomic E-state index is 0.269. The number of rotatable bonds is 4. The van der Waals surface area contributed by atoms with Crippen LogP contribution >= 0.6 is 0 Å². The van der Waals surface area contributed by atoms with Gasteiger partial charge in [0.2, 0.25) is 0 Å². The van der Waals surface area contributed by atoms with Crippen LogP contribution < -0.4 is 5.32 Å². The second-order valence-corrected chi connectivity index (χ2v) is 6.62. The standard InChI is InChI=1S/C19H21N5O2/c1-11-7-8-17(26-11)15-9-16(24-23-15)19(25)20-10-18-21-12(2)13-5-3-4-6-14(13)22-18/h7-9H,3-6,10H2,1-2H3,(H,20,25)(H,23,24). The number of H-pyrrole nitrogens is 1. The van der Waals surface area contributed by atoms with E-state index in [0.29, 0.717) is 23.0 Å². The summed E-state index contributed by atoms with van der Waals surface area (Å²) in [5.74, 6) is 1.84. The monoisotopic (exact) mass is 351 g/mol. The van der Waals surface area contributed by atoms with Crippen molar-refractivity contribution in [3.63, 3.8) is 0 Å². The lowest BCUT2D eigenvalue weighted by Gasteiger charge is -2.17. The van der Waals surface area contributed by atoms with Gasteiger partial charge >= 0.3 is 0 Å². The molecule has 3 heterocycles. The van der Waals surface area contributed by atoms with E-state index in [-0.39, 0.29) is 12.5 Å². The number of aryl methyl sites for hydroxylation is 3. The van der Waals surface area contributed by atoms with E-state index in [9.17, 15) is 4.79 Å². The number of aromatic amines is 1. The third-order valence-electron chi connectivity index (χ3n) is 4.66. The maximum absolute atomic E-state index is 12.4. The molecule has 7 heteroatoms. The summed E-state index contributed by atoms with van der Waals surface area (Å²) in [5.41, 5.74) is 4.40. The van der Waals surface area contributed by atoms with E-state index in [0.717, 1.165) is 36.4 Å². The molecule has 0 atom stereocenters. The highest BCUT2D eigenvalue weighted by Crippen LogP contribution is 2.22. The first kappa shape index (κ1) is 16.5. The fraction of sp³-hybridized carbons (Fsp3) is 0.368. The largest absolute Gasteiger partial charge is 0.460 e. The van der Waals surface area contributed by atoms with Crippen molar-refractivity contribution in [2.45, 2.75) is 46.1 Å². The lowest BCUT2D eigenvalue weighted by atomic mass is 9.95. The summed E-state index contributed by atoms with van der Waals surface area (Å²) in [6.07, 6.45) is 4.41. The molecule has 0 fully saturated rings. The lowest BCUT2D eigenvalue weighted by molar-refractivity contribution is 0.0944. The summed E-state index contributed by atoms with van der Waals surface area (Å²) < 4.78 is 5.53. The minimum Gasteiger partial charge on any atom is -0.460 e. The second kappa shape index (κ2) is 6.74. The third-order valence-corrected chi connectivity index (χ3v) is 4.66. The predicted molar refractivity (Wildman–Crippen MR) is 95.6 cm³/mol. The predicted octanol–water partition coefficient (Wildman–Crippen LogP) is 2.89. The van der Waals surface area contributed by atoms with E-state index in [1.165, 1.54) is 12.0 Å². The molecule has 1 amide bonds. The zero-order chi connectivity index (χ0) is 18.1. The normalized spacial score (nSPS) is 13.5. The van der Waals surface area contributed by atoms with Crippen molar-refractivity contribution in [1.29, 1.82) is 0 Å². The van der Waals surface area contributed by atoms with Crippen LogP contribution in [0.15, 0.2) is 22.6 Å². The van der Waals surface area contributed by atoms with Gasteiger partial charge in [-0.2, -0.15) is 5.10 Å². The van der Waals surface area contributed by atoms with Gasteiger partial charge in [0.1, 0.15) is 17.3 Å². The summed E-state index contributed by atoms with van der Waals surface area (Å²) in [7, 11) is 0. The summed E-state index contributed by atoms with van der Waals surface area (Å²) in [5, 5.41) is 9.73. The Morgan fingerprint density at radius 1 is 1.23 bits per heavy atom. The number of hydrogen-bond donors (Lipinski definition) is 2. The zero-order valence-corrected chi connectivity index (χ0v) is 14.9. The number of hydrogen-bond acceptors (Lipinski definition) is 5. The molecule has 0 aromatic carbocycles. The molecule has 0 unspecified atom stereocenters. The Bertz CT molecular complexity index is 957. The van der Waals surface area contributed by atoms with Crippen LogP contribution in [-0.2, 0) is 19.4 Å². The Hall–Kier alpha value is -2.96. The molecule has 3 aromatic heterocycles. The van der Waals surface area contributed by atoms with Crippen molar-refractivity contribution in [3.05, 3.63) is 52.4 Å². The van der Waals surface area contributed by atoms with Crippen LogP contribution in [0.3, 0.4) is 0 Å². The van der Waals surface area contributed by atoms with Gasteiger partial charge in [-0.05, 0) is 57.2 Å². The molecule has 0 saturated heterocycles. The van der Waals surface area contributed by atoms with E-state index >= 15 is 0 Å². The van der Waals surface area contributed by atoms with Gasteiger partial charge in [0.15, 0.2) is 11.5 Å². The zero-order valence-electron chi connectivity index (χ0n) is 14.9. The topological polar surface area (TPSA) is 96.7 Å². The van der Waals surface area contributed by atoms with E-state index in [4.69, 9.17) is 4.42 Å². The maximum Gasteiger partial charge on any atom is 0.272 e. The van der Waals surface area contributed by atoms with Gasteiger partial charge < -0.3 is 9.73 Å². The maximum atomic E-state index is 12.4. The SMILES string of the molecule is Cc1ccc(-c2cc(C(=O)NCc3nc(C)c4c(n3)CCCC4)n[nH]2)o1. The van der Waals surface area contributed by atoms with Crippen molar-refractivity contribution in [2.75, 3.05) is 0 Å². The van der Waals surface area contributed by atoms with E-state index in [1.807, 2.05) is 26.0 Å². The summed E-state index contributed by atoms with van der Waals surface area (Å²) in [4.78, 5) is 21.5. The number of nitrogens with zero attached hydrogens (tertiary/aromatic N) is 3. The van der Waals surface area contributed by atoms with Crippen molar-refractivity contribution in [3.8, 4) is 11.5 Å². The number of fused-ring (bicyclic) bond motifs is 1. The molecule has 0 aliphatic heterocycles. The van der Waals surface area contributed by atoms with Crippen LogP contribution in [0.5, 0.6) is 0 Å². The van der Waals surface area contributed by atoms with Gasteiger partial charge in [0.25, 0.3) is 5.91 Å². The van der Waals surface area contributed by atoms with Gasteiger partial charge in [-0.3, -0.25) is 9.89 Å². The van der Waals surface area contributed by atoms with E-state index in [1.54, 1.807) is 6.07 Å². The summed E-state index contributed by atoms with van der Waals surface area (Å²) in [6.45, 7) is 4.17. The molecule has 0 saturated carbocycles. The number of carbonyl (C=O) groups excluding carboxylic acids is 1. The van der Waals surface area contributed by atoms with Crippen molar-refractivity contribution >= 4 is 5.91 Å². The fourth-order valence-electron chi connectivity index (χ4n) is 3.32.